The first-order chi connectivity index (χ1) is 11.0. The van der Waals surface area contributed by atoms with Gasteiger partial charge in [-0.15, -0.1) is 0 Å². The lowest BCUT2D eigenvalue weighted by molar-refractivity contribution is 0.0602. The second-order valence-corrected chi connectivity index (χ2v) is 6.06. The molecule has 1 atom stereocenters. The third kappa shape index (κ3) is 1.97. The van der Waals surface area contributed by atoms with Crippen LogP contribution < -0.4 is 4.90 Å². The number of aromatic hydroxyl groups is 1. The number of phenols is 1. The van der Waals surface area contributed by atoms with Crippen molar-refractivity contribution < 1.29 is 15.0 Å². The van der Waals surface area contributed by atoms with Crippen LogP contribution in [0.15, 0.2) is 47.5 Å². The third-order valence-electron chi connectivity index (χ3n) is 4.48. The van der Waals surface area contributed by atoms with E-state index in [2.05, 4.69) is 4.99 Å². The number of carbonyl (C=O) groups is 1. The smallest absolute Gasteiger partial charge is 0.204 e. The number of anilines is 1. The van der Waals surface area contributed by atoms with Gasteiger partial charge in [0, 0.05) is 24.2 Å². The Balaban J connectivity index is 1.85. The molecule has 0 amide bonds. The Kier molecular flexibility index (Phi) is 2.83. The molecule has 2 aromatic carbocycles. The predicted molar refractivity (Wildman–Crippen MR) is 87.6 cm³/mol. The third-order valence-corrected chi connectivity index (χ3v) is 4.48. The van der Waals surface area contributed by atoms with Gasteiger partial charge in [-0.25, -0.2) is 4.99 Å². The lowest BCUT2D eigenvalue weighted by Gasteiger charge is -2.29. The zero-order valence-electron chi connectivity index (χ0n) is 12.7. The minimum absolute atomic E-state index is 0.172. The quantitative estimate of drug-likeness (QED) is 0.849. The van der Waals surface area contributed by atoms with Gasteiger partial charge in [-0.2, -0.15) is 0 Å². The van der Waals surface area contributed by atoms with E-state index in [9.17, 15) is 15.0 Å². The summed E-state index contributed by atoms with van der Waals surface area (Å²) in [5.74, 6) is 0.248. The Morgan fingerprint density at radius 2 is 1.91 bits per heavy atom. The summed E-state index contributed by atoms with van der Waals surface area (Å²) in [6, 6.07) is 12.1. The molecule has 4 rings (SSSR count). The van der Waals surface area contributed by atoms with Crippen molar-refractivity contribution in [3.05, 3.63) is 53.6 Å². The van der Waals surface area contributed by atoms with Crippen LogP contribution in [0.2, 0.25) is 0 Å². The second kappa shape index (κ2) is 4.67. The number of nitrogens with zero attached hydrogens (tertiary/aromatic N) is 2. The summed E-state index contributed by atoms with van der Waals surface area (Å²) in [5.41, 5.74) is 1.25. The van der Waals surface area contributed by atoms with Crippen LogP contribution in [-0.4, -0.2) is 34.0 Å². The Bertz CT molecular complexity index is 842. The number of hydrogen-bond acceptors (Lipinski definition) is 5. The molecule has 0 spiro atoms. The molecule has 23 heavy (non-hydrogen) atoms. The lowest BCUT2D eigenvalue weighted by Crippen LogP contribution is -2.48. The van der Waals surface area contributed by atoms with E-state index in [1.165, 1.54) is 0 Å². The summed E-state index contributed by atoms with van der Waals surface area (Å²) in [4.78, 5) is 19.2. The highest BCUT2D eigenvalue weighted by Gasteiger charge is 2.52. The van der Waals surface area contributed by atoms with E-state index in [4.69, 9.17) is 0 Å². The van der Waals surface area contributed by atoms with Crippen molar-refractivity contribution in [2.24, 2.45) is 4.99 Å². The Labute approximate surface area is 133 Å². The van der Waals surface area contributed by atoms with E-state index >= 15 is 0 Å². The number of rotatable bonds is 1. The molecule has 0 saturated carbocycles. The molecule has 116 valence electrons. The molecule has 2 N–H and O–H groups in total. The highest BCUT2D eigenvalue weighted by atomic mass is 16.3. The lowest BCUT2D eigenvalue weighted by atomic mass is 9.87. The van der Waals surface area contributed by atoms with Crippen molar-refractivity contribution >= 4 is 23.0 Å². The van der Waals surface area contributed by atoms with Crippen molar-refractivity contribution in [1.82, 2.24) is 0 Å². The maximum Gasteiger partial charge on any atom is 0.204 e. The first-order valence-corrected chi connectivity index (χ1v) is 7.52. The predicted octanol–water partition coefficient (Wildman–Crippen LogP) is 2.57. The van der Waals surface area contributed by atoms with E-state index in [0.717, 1.165) is 11.3 Å². The molecule has 0 aliphatic carbocycles. The molecule has 1 fully saturated rings. The fraction of sp³-hybridized carbons (Fsp3) is 0.222. The highest BCUT2D eigenvalue weighted by molar-refractivity contribution is 6.28. The van der Waals surface area contributed by atoms with Gasteiger partial charge in [0.05, 0.1) is 5.69 Å². The van der Waals surface area contributed by atoms with Crippen LogP contribution in [-0.2, 0) is 0 Å². The van der Waals surface area contributed by atoms with Gasteiger partial charge in [-0.05, 0) is 43.3 Å². The molecule has 5 nitrogen and oxygen atoms in total. The Hall–Kier alpha value is -2.66. The summed E-state index contributed by atoms with van der Waals surface area (Å²) < 4.78 is 0. The number of phenolic OH excluding ortho intramolecular Hbond substituents is 1. The van der Waals surface area contributed by atoms with Gasteiger partial charge >= 0.3 is 0 Å². The van der Waals surface area contributed by atoms with Crippen LogP contribution in [0.1, 0.15) is 22.3 Å². The topological polar surface area (TPSA) is 73.1 Å². The van der Waals surface area contributed by atoms with Crippen molar-refractivity contribution in [3.63, 3.8) is 0 Å². The van der Waals surface area contributed by atoms with Gasteiger partial charge in [0.25, 0.3) is 0 Å². The summed E-state index contributed by atoms with van der Waals surface area (Å²) >= 11 is 0. The van der Waals surface area contributed by atoms with Crippen LogP contribution in [0, 0.1) is 6.92 Å². The van der Waals surface area contributed by atoms with Crippen molar-refractivity contribution in [1.29, 1.82) is 0 Å². The molecule has 2 aliphatic rings. The van der Waals surface area contributed by atoms with Gasteiger partial charge < -0.3 is 15.1 Å². The molecule has 0 bridgehead atoms. The van der Waals surface area contributed by atoms with E-state index in [1.54, 1.807) is 30.3 Å². The van der Waals surface area contributed by atoms with Crippen molar-refractivity contribution in [3.8, 4) is 5.75 Å². The average molecular weight is 308 g/mol. The zero-order chi connectivity index (χ0) is 16.2. The molecule has 0 radical (unpaired) electrons. The van der Waals surface area contributed by atoms with E-state index in [-0.39, 0.29) is 11.5 Å². The second-order valence-electron chi connectivity index (χ2n) is 6.06. The van der Waals surface area contributed by atoms with Crippen LogP contribution in [0.5, 0.6) is 5.75 Å². The van der Waals surface area contributed by atoms with Gasteiger partial charge in [0.1, 0.15) is 11.6 Å². The maximum atomic E-state index is 12.8. The summed E-state index contributed by atoms with van der Waals surface area (Å²) in [5, 5.41) is 20.4. The van der Waals surface area contributed by atoms with Gasteiger partial charge in [0.15, 0.2) is 5.60 Å². The van der Waals surface area contributed by atoms with Crippen LogP contribution >= 0.6 is 0 Å². The molecule has 2 aromatic rings. The fourth-order valence-electron chi connectivity index (χ4n) is 3.23. The number of aliphatic hydroxyl groups is 1. The number of aliphatic imine (C=N–C) groups is 1. The highest BCUT2D eigenvalue weighted by Crippen LogP contribution is 2.39. The summed E-state index contributed by atoms with van der Waals surface area (Å²) in [6.45, 7) is 2.41. The van der Waals surface area contributed by atoms with Crippen LogP contribution in [0.4, 0.5) is 11.4 Å². The number of benzene rings is 2. The minimum atomic E-state index is -1.57. The molecule has 2 heterocycles. The van der Waals surface area contributed by atoms with Gasteiger partial charge in [0.2, 0.25) is 5.78 Å². The van der Waals surface area contributed by atoms with Gasteiger partial charge in [-0.3, -0.25) is 4.79 Å². The minimum Gasteiger partial charge on any atom is -0.508 e. The van der Waals surface area contributed by atoms with Crippen LogP contribution in [0.25, 0.3) is 0 Å². The number of fused-ring (bicyclic) bond motifs is 2. The summed E-state index contributed by atoms with van der Waals surface area (Å²) in [6.07, 6.45) is 0.304. The molecule has 0 unspecified atom stereocenters. The molecule has 0 aromatic heterocycles. The van der Waals surface area contributed by atoms with Gasteiger partial charge in [-0.1, -0.05) is 11.6 Å². The maximum absolute atomic E-state index is 12.8. The number of Topliss-reactive ketones (excluding diaryl/α,β-unsaturated/α-hetero) is 1. The summed E-state index contributed by atoms with van der Waals surface area (Å²) in [7, 11) is 0. The number of aryl methyl sites for hydroxylation is 1. The number of amidine groups is 1. The first-order valence-electron chi connectivity index (χ1n) is 7.52. The van der Waals surface area contributed by atoms with E-state index < -0.39 is 5.60 Å². The number of ketones is 1. The first kappa shape index (κ1) is 14.0. The molecule has 5 heteroatoms. The SMILES string of the molecule is Cc1ccc2c(c1)C(=O)[C@]1(O)CCN(c3ccc(O)cc3)C1=N2. The molecule has 1 saturated heterocycles. The average Bonchev–Trinajstić information content (AvgIpc) is 2.88. The molecular formula is C18H16N2O3. The van der Waals surface area contributed by atoms with E-state index in [1.807, 2.05) is 24.0 Å². The Morgan fingerprint density at radius 3 is 2.65 bits per heavy atom. The van der Waals surface area contributed by atoms with Crippen molar-refractivity contribution in [2.45, 2.75) is 18.9 Å². The molecular weight excluding hydrogens is 292 g/mol. The van der Waals surface area contributed by atoms with E-state index in [0.29, 0.717) is 30.1 Å². The van der Waals surface area contributed by atoms with Crippen molar-refractivity contribution in [2.75, 3.05) is 11.4 Å². The molecule has 2 aliphatic heterocycles. The number of carbonyl (C=O) groups excluding carboxylic acids is 1. The standard InChI is InChI=1S/C18H16N2O3/c1-11-2-7-15-14(10-11)16(22)18(23)8-9-20(17(18)19-15)12-3-5-13(21)6-4-12/h2-7,10,21,23H,8-9H2,1H3/t18-/m1/s1. The number of hydrogen-bond donors (Lipinski definition) is 2. The largest absolute Gasteiger partial charge is 0.508 e. The fourth-order valence-corrected chi connectivity index (χ4v) is 3.23. The van der Waals surface area contributed by atoms with Crippen LogP contribution in [0.3, 0.4) is 0 Å². The Morgan fingerprint density at radius 1 is 1.17 bits per heavy atom. The monoisotopic (exact) mass is 308 g/mol. The zero-order valence-corrected chi connectivity index (χ0v) is 12.7. The normalized spacial score (nSPS) is 22.6.